The van der Waals surface area contributed by atoms with Gasteiger partial charge in [-0.2, -0.15) is 0 Å². The van der Waals surface area contributed by atoms with E-state index in [4.69, 9.17) is 14.5 Å². The number of hydrogen-bond donors (Lipinski definition) is 1. The van der Waals surface area contributed by atoms with Gasteiger partial charge in [0.1, 0.15) is 17.9 Å². The Hall–Kier alpha value is -3.82. The van der Waals surface area contributed by atoms with Crippen LogP contribution in [0.1, 0.15) is 78.0 Å². The Bertz CT molecular complexity index is 1570. The second-order valence-electron chi connectivity index (χ2n) is 12.4. The molecule has 224 valence electrons. The second kappa shape index (κ2) is 11.7. The highest BCUT2D eigenvalue weighted by molar-refractivity contribution is 6.05. The molecule has 2 saturated heterocycles. The molecular formula is C34H38N4O5. The number of fused-ring (bicyclic) bond motifs is 2. The molecule has 1 aliphatic carbocycles. The first-order valence-corrected chi connectivity index (χ1v) is 15.5. The average molecular weight is 583 g/mol. The summed E-state index contributed by atoms with van der Waals surface area (Å²) in [6.07, 6.45) is 6.57. The molecule has 7 rings (SSSR count). The van der Waals surface area contributed by atoms with E-state index in [1.54, 1.807) is 11.0 Å². The lowest BCUT2D eigenvalue weighted by atomic mass is 9.84. The number of aromatic nitrogens is 1. The molecule has 3 amide bonds. The summed E-state index contributed by atoms with van der Waals surface area (Å²) in [4.78, 5) is 45.9. The fourth-order valence-corrected chi connectivity index (χ4v) is 7.32. The van der Waals surface area contributed by atoms with E-state index in [1.807, 2.05) is 19.2 Å². The third kappa shape index (κ3) is 5.63. The number of benzene rings is 2. The predicted molar refractivity (Wildman–Crippen MR) is 161 cm³/mol. The van der Waals surface area contributed by atoms with Crippen LogP contribution in [-0.4, -0.2) is 71.0 Å². The van der Waals surface area contributed by atoms with E-state index < -0.39 is 11.9 Å². The summed E-state index contributed by atoms with van der Waals surface area (Å²) >= 11 is 0. The fraction of sp³-hybridized carbons (Fsp3) is 0.471. The van der Waals surface area contributed by atoms with Crippen molar-refractivity contribution < 1.29 is 23.9 Å². The largest absolute Gasteiger partial charge is 0.489 e. The molecule has 4 heterocycles. The normalized spacial score (nSPS) is 26.2. The van der Waals surface area contributed by atoms with E-state index in [1.165, 1.54) is 18.4 Å². The van der Waals surface area contributed by atoms with Crippen molar-refractivity contribution in [3.05, 3.63) is 70.9 Å². The summed E-state index contributed by atoms with van der Waals surface area (Å²) in [5, 5.41) is 3.52. The van der Waals surface area contributed by atoms with E-state index >= 15 is 0 Å². The zero-order chi connectivity index (χ0) is 29.5. The lowest BCUT2D eigenvalue weighted by molar-refractivity contribution is -0.136. The first-order chi connectivity index (χ1) is 20.9. The molecule has 43 heavy (non-hydrogen) atoms. The van der Waals surface area contributed by atoms with E-state index in [-0.39, 0.29) is 30.4 Å². The van der Waals surface area contributed by atoms with Crippen molar-refractivity contribution in [1.82, 2.24) is 20.1 Å². The second-order valence-corrected chi connectivity index (χ2v) is 12.4. The van der Waals surface area contributed by atoms with Gasteiger partial charge in [-0.25, -0.2) is 0 Å². The molecule has 4 atom stereocenters. The van der Waals surface area contributed by atoms with Crippen molar-refractivity contribution >= 4 is 28.6 Å². The van der Waals surface area contributed by atoms with E-state index in [0.717, 1.165) is 66.8 Å². The van der Waals surface area contributed by atoms with Gasteiger partial charge in [-0.3, -0.25) is 29.6 Å². The topological polar surface area (TPSA) is 101 Å². The SMILES string of the molecule is CO[C@@H]1CCCC[C@H]1c1ccc2cc(CN3CC[C@H](Oc4ccc5c(c4)CN(C4CCC(=O)NC4=O)C5=O)C3)ccc2n1. The molecule has 1 saturated carbocycles. The number of methoxy groups -OCH3 is 1. The Morgan fingerprint density at radius 3 is 2.72 bits per heavy atom. The molecule has 0 radical (unpaired) electrons. The predicted octanol–water partition coefficient (Wildman–Crippen LogP) is 4.32. The van der Waals surface area contributed by atoms with Crippen molar-refractivity contribution in [2.75, 3.05) is 20.2 Å². The highest BCUT2D eigenvalue weighted by Crippen LogP contribution is 2.35. The number of pyridine rings is 1. The van der Waals surface area contributed by atoms with Crippen LogP contribution in [0.5, 0.6) is 5.75 Å². The van der Waals surface area contributed by atoms with Crippen molar-refractivity contribution in [3.63, 3.8) is 0 Å². The van der Waals surface area contributed by atoms with Crippen LogP contribution in [0.4, 0.5) is 0 Å². The number of piperidine rings is 1. The summed E-state index contributed by atoms with van der Waals surface area (Å²) < 4.78 is 12.1. The Morgan fingerprint density at radius 2 is 1.86 bits per heavy atom. The number of nitrogens with zero attached hydrogens (tertiary/aromatic N) is 3. The van der Waals surface area contributed by atoms with Gasteiger partial charge in [-0.05, 0) is 73.2 Å². The molecule has 3 aliphatic heterocycles. The molecule has 1 aromatic heterocycles. The zero-order valence-electron chi connectivity index (χ0n) is 24.6. The molecule has 1 unspecified atom stereocenters. The molecule has 3 fully saturated rings. The van der Waals surface area contributed by atoms with Gasteiger partial charge in [0.15, 0.2) is 0 Å². The van der Waals surface area contributed by atoms with Crippen molar-refractivity contribution in [2.24, 2.45) is 0 Å². The Balaban J connectivity index is 0.961. The lowest BCUT2D eigenvalue weighted by Crippen LogP contribution is -2.52. The number of hydrogen-bond acceptors (Lipinski definition) is 7. The Labute approximate surface area is 251 Å². The third-order valence-corrected chi connectivity index (χ3v) is 9.59. The first-order valence-electron chi connectivity index (χ1n) is 15.5. The standard InChI is InChI=1S/C34H38N4O5/c1-42-31-5-3-2-4-27(31)29-11-7-22-16-21(6-10-28(22)35-29)18-37-15-14-25(20-37)43-24-8-9-26-23(17-24)19-38(34(26)41)30-12-13-32(39)36-33(30)40/h6-11,16-17,25,27,30-31H,2-5,12-15,18-20H2,1H3,(H,36,39,40)/t25-,27-,30?,31+/m0/s1. The summed E-state index contributed by atoms with van der Waals surface area (Å²) in [7, 11) is 1.82. The molecule has 0 bridgehead atoms. The van der Waals surface area contributed by atoms with E-state index in [2.05, 4.69) is 40.5 Å². The van der Waals surface area contributed by atoms with Crippen LogP contribution >= 0.6 is 0 Å². The van der Waals surface area contributed by atoms with Gasteiger partial charge in [0.05, 0.1) is 11.6 Å². The first kappa shape index (κ1) is 28.0. The molecule has 9 heteroatoms. The molecule has 4 aliphatic rings. The number of nitrogens with one attached hydrogen (secondary N) is 1. The molecule has 0 spiro atoms. The van der Waals surface area contributed by atoms with Crippen molar-refractivity contribution in [2.45, 2.75) is 82.2 Å². The van der Waals surface area contributed by atoms with Crippen LogP contribution in [0, 0.1) is 0 Å². The third-order valence-electron chi connectivity index (χ3n) is 9.59. The minimum atomic E-state index is -0.613. The number of carbonyl (C=O) groups excluding carboxylic acids is 3. The van der Waals surface area contributed by atoms with Gasteiger partial charge in [0.2, 0.25) is 11.8 Å². The highest BCUT2D eigenvalue weighted by atomic mass is 16.5. The van der Waals surface area contributed by atoms with Crippen LogP contribution in [-0.2, 0) is 27.4 Å². The Kier molecular flexibility index (Phi) is 7.61. The van der Waals surface area contributed by atoms with Gasteiger partial charge < -0.3 is 14.4 Å². The highest BCUT2D eigenvalue weighted by Gasteiger charge is 2.39. The lowest BCUT2D eigenvalue weighted by Gasteiger charge is -2.30. The number of carbonyl (C=O) groups is 3. The van der Waals surface area contributed by atoms with Gasteiger partial charge in [0, 0.05) is 62.3 Å². The van der Waals surface area contributed by atoms with Crippen LogP contribution in [0.2, 0.25) is 0 Å². The van der Waals surface area contributed by atoms with Crippen LogP contribution in [0.15, 0.2) is 48.5 Å². The number of ether oxygens (including phenoxy) is 2. The van der Waals surface area contributed by atoms with Gasteiger partial charge in [-0.15, -0.1) is 0 Å². The van der Waals surface area contributed by atoms with Crippen LogP contribution < -0.4 is 10.1 Å². The minimum absolute atomic E-state index is 0.0651. The monoisotopic (exact) mass is 582 g/mol. The maximum absolute atomic E-state index is 13.0. The summed E-state index contributed by atoms with van der Waals surface area (Å²) in [5.41, 5.74) is 4.90. The number of rotatable bonds is 7. The molecule has 3 aromatic rings. The quantitative estimate of drug-likeness (QED) is 0.414. The summed E-state index contributed by atoms with van der Waals surface area (Å²) in [6, 6.07) is 15.9. The molecule has 1 N–H and O–H groups in total. The summed E-state index contributed by atoms with van der Waals surface area (Å²) in [6.45, 7) is 2.98. The minimum Gasteiger partial charge on any atom is -0.489 e. The maximum Gasteiger partial charge on any atom is 0.255 e. The molecule has 2 aromatic carbocycles. The molecule has 9 nitrogen and oxygen atoms in total. The smallest absolute Gasteiger partial charge is 0.255 e. The zero-order valence-corrected chi connectivity index (χ0v) is 24.6. The molecular weight excluding hydrogens is 544 g/mol. The number of imide groups is 1. The van der Waals surface area contributed by atoms with E-state index in [9.17, 15) is 14.4 Å². The fourth-order valence-electron chi connectivity index (χ4n) is 7.32. The summed E-state index contributed by atoms with van der Waals surface area (Å²) in [5.74, 6) is 0.267. The van der Waals surface area contributed by atoms with E-state index in [0.29, 0.717) is 24.4 Å². The van der Waals surface area contributed by atoms with Gasteiger partial charge in [-0.1, -0.05) is 25.0 Å². The maximum atomic E-state index is 13.0. The van der Waals surface area contributed by atoms with Crippen molar-refractivity contribution in [1.29, 1.82) is 0 Å². The van der Waals surface area contributed by atoms with Gasteiger partial charge >= 0.3 is 0 Å². The number of amides is 3. The van der Waals surface area contributed by atoms with Crippen molar-refractivity contribution in [3.8, 4) is 5.75 Å². The van der Waals surface area contributed by atoms with Crippen LogP contribution in [0.3, 0.4) is 0 Å². The average Bonchev–Trinajstić information content (AvgIpc) is 3.59. The Morgan fingerprint density at radius 1 is 0.977 bits per heavy atom. The van der Waals surface area contributed by atoms with Crippen LogP contribution in [0.25, 0.3) is 10.9 Å². The number of likely N-dealkylation sites (tertiary alicyclic amines) is 1. The van der Waals surface area contributed by atoms with Gasteiger partial charge in [0.25, 0.3) is 5.91 Å².